The van der Waals surface area contributed by atoms with Crippen molar-refractivity contribution in [2.45, 2.75) is 0 Å². The van der Waals surface area contributed by atoms with Gasteiger partial charge in [-0.15, -0.1) is 34.0 Å². The minimum Gasteiger partial charge on any atom is -0.134 e. The van der Waals surface area contributed by atoms with Gasteiger partial charge in [0.05, 0.1) is 4.70 Å². The zero-order valence-electron chi connectivity index (χ0n) is 11.0. The van der Waals surface area contributed by atoms with E-state index in [-0.39, 0.29) is 0 Å². The highest BCUT2D eigenvalue weighted by Crippen LogP contribution is 2.45. The van der Waals surface area contributed by atoms with Crippen LogP contribution in [0, 0.1) is 0 Å². The van der Waals surface area contributed by atoms with Crippen molar-refractivity contribution in [3.8, 4) is 9.75 Å². The van der Waals surface area contributed by atoms with Crippen molar-refractivity contribution in [3.05, 3.63) is 60.7 Å². The van der Waals surface area contributed by atoms with E-state index < -0.39 is 0 Å². The summed E-state index contributed by atoms with van der Waals surface area (Å²) in [5.74, 6) is 0. The van der Waals surface area contributed by atoms with E-state index in [2.05, 4.69) is 60.7 Å². The van der Waals surface area contributed by atoms with E-state index in [9.17, 15) is 0 Å². The Morgan fingerprint density at radius 2 is 1.33 bits per heavy atom. The van der Waals surface area contributed by atoms with Crippen LogP contribution >= 0.6 is 34.0 Å². The fourth-order valence-corrected chi connectivity index (χ4v) is 6.38. The van der Waals surface area contributed by atoms with Gasteiger partial charge >= 0.3 is 0 Å². The van der Waals surface area contributed by atoms with Crippen molar-refractivity contribution in [1.82, 2.24) is 0 Å². The van der Waals surface area contributed by atoms with Crippen LogP contribution in [-0.2, 0) is 0 Å². The number of hydrogen-bond acceptors (Lipinski definition) is 3. The molecule has 0 aliphatic carbocycles. The van der Waals surface area contributed by atoms with Crippen LogP contribution in [0.5, 0.6) is 0 Å². The Morgan fingerprint density at radius 3 is 2.24 bits per heavy atom. The first-order valence-corrected chi connectivity index (χ1v) is 9.23. The van der Waals surface area contributed by atoms with E-state index in [1.165, 1.54) is 39.3 Å². The minimum absolute atomic E-state index is 1.35. The molecule has 0 aliphatic rings. The van der Waals surface area contributed by atoms with E-state index in [1.807, 2.05) is 34.0 Å². The van der Waals surface area contributed by atoms with Gasteiger partial charge in [0, 0.05) is 29.2 Å². The molecule has 0 unspecified atom stereocenters. The third-order valence-electron chi connectivity index (χ3n) is 3.72. The van der Waals surface area contributed by atoms with Crippen molar-refractivity contribution in [1.29, 1.82) is 0 Å². The van der Waals surface area contributed by atoms with Gasteiger partial charge < -0.3 is 0 Å². The molecule has 3 aromatic heterocycles. The van der Waals surface area contributed by atoms with Crippen molar-refractivity contribution >= 4 is 63.6 Å². The lowest BCUT2D eigenvalue weighted by Gasteiger charge is -1.89. The zero-order valence-corrected chi connectivity index (χ0v) is 13.4. The zero-order chi connectivity index (χ0) is 13.8. The Morgan fingerprint density at radius 1 is 0.571 bits per heavy atom. The molecule has 5 rings (SSSR count). The van der Waals surface area contributed by atoms with Crippen LogP contribution in [0.25, 0.3) is 39.3 Å². The first-order chi connectivity index (χ1) is 10.4. The van der Waals surface area contributed by atoms with Crippen LogP contribution in [0.1, 0.15) is 0 Å². The van der Waals surface area contributed by atoms with E-state index in [0.29, 0.717) is 0 Å². The molecular weight excluding hydrogens is 312 g/mol. The van der Waals surface area contributed by atoms with Gasteiger partial charge in [0.1, 0.15) is 0 Å². The van der Waals surface area contributed by atoms with Crippen LogP contribution in [0.2, 0.25) is 0 Å². The smallest absolute Gasteiger partial charge is 0.0536 e. The molecule has 0 bridgehead atoms. The molecule has 0 atom stereocenters. The van der Waals surface area contributed by atoms with Crippen LogP contribution in [0.15, 0.2) is 60.7 Å². The maximum absolute atomic E-state index is 2.36. The first kappa shape index (κ1) is 11.9. The molecule has 2 aromatic carbocycles. The van der Waals surface area contributed by atoms with E-state index >= 15 is 0 Å². The van der Waals surface area contributed by atoms with Gasteiger partial charge in [-0.05, 0) is 29.7 Å². The van der Waals surface area contributed by atoms with Gasteiger partial charge in [-0.1, -0.05) is 36.4 Å². The predicted molar refractivity (Wildman–Crippen MR) is 98.0 cm³/mol. The van der Waals surface area contributed by atoms with Gasteiger partial charge in [-0.2, -0.15) is 0 Å². The molecule has 0 aliphatic heterocycles. The molecule has 0 fully saturated rings. The molecule has 0 amide bonds. The monoisotopic (exact) mass is 322 g/mol. The van der Waals surface area contributed by atoms with E-state index in [4.69, 9.17) is 0 Å². The Bertz CT molecular complexity index is 1060. The van der Waals surface area contributed by atoms with Gasteiger partial charge in [-0.25, -0.2) is 0 Å². The van der Waals surface area contributed by atoms with Crippen molar-refractivity contribution < 1.29 is 0 Å². The fourth-order valence-electron chi connectivity index (χ4n) is 2.72. The highest BCUT2D eigenvalue weighted by Gasteiger charge is 2.12. The third-order valence-corrected chi connectivity index (χ3v) is 7.45. The summed E-state index contributed by atoms with van der Waals surface area (Å²) in [4.78, 5) is 2.77. The molecule has 100 valence electrons. The summed E-state index contributed by atoms with van der Waals surface area (Å²) in [5.41, 5.74) is 0. The summed E-state index contributed by atoms with van der Waals surface area (Å²) in [7, 11) is 0. The van der Waals surface area contributed by atoms with E-state index in [1.54, 1.807) is 0 Å². The molecular formula is C18H10S3. The number of fused-ring (bicyclic) bond motifs is 4. The highest BCUT2D eigenvalue weighted by molar-refractivity contribution is 7.35. The SMILES string of the molecule is c1ccc2sc(-c3cc4sc5ccccc5c4s3)cc2c1. The second-order valence-electron chi connectivity index (χ2n) is 5.05. The fraction of sp³-hybridized carbons (Fsp3) is 0. The third kappa shape index (κ3) is 1.78. The predicted octanol–water partition coefficient (Wildman–Crippen LogP) is 7.00. The summed E-state index contributed by atoms with van der Waals surface area (Å²) >= 11 is 5.71. The number of thiophene rings is 3. The molecule has 0 saturated heterocycles. The molecule has 0 nitrogen and oxygen atoms in total. The van der Waals surface area contributed by atoms with Crippen LogP contribution < -0.4 is 0 Å². The Kier molecular flexibility index (Phi) is 2.50. The number of hydrogen-bond donors (Lipinski definition) is 0. The summed E-state index contributed by atoms with van der Waals surface area (Å²) in [6.07, 6.45) is 0. The lowest BCUT2D eigenvalue weighted by molar-refractivity contribution is 1.85. The summed E-state index contributed by atoms with van der Waals surface area (Å²) in [6.45, 7) is 0. The van der Waals surface area contributed by atoms with Gasteiger partial charge in [0.15, 0.2) is 0 Å². The average Bonchev–Trinajstić information content (AvgIpc) is 3.18. The van der Waals surface area contributed by atoms with Gasteiger partial charge in [-0.3, -0.25) is 0 Å². The molecule has 3 heteroatoms. The topological polar surface area (TPSA) is 0 Å². The van der Waals surface area contributed by atoms with Crippen molar-refractivity contribution in [3.63, 3.8) is 0 Å². The minimum atomic E-state index is 1.35. The Balaban J connectivity index is 1.76. The molecule has 0 N–H and O–H groups in total. The molecule has 5 aromatic rings. The number of rotatable bonds is 1. The lowest BCUT2D eigenvalue weighted by atomic mass is 10.2. The second-order valence-corrected chi connectivity index (χ2v) is 8.27. The first-order valence-electron chi connectivity index (χ1n) is 6.78. The normalized spacial score (nSPS) is 11.8. The van der Waals surface area contributed by atoms with Gasteiger partial charge in [0.2, 0.25) is 0 Å². The highest BCUT2D eigenvalue weighted by atomic mass is 32.1. The summed E-state index contributed by atoms with van der Waals surface area (Å²) in [5, 5.41) is 2.74. The molecule has 0 radical (unpaired) electrons. The molecule has 3 heterocycles. The largest absolute Gasteiger partial charge is 0.134 e. The Labute approximate surface area is 133 Å². The Hall–Kier alpha value is -1.68. The second kappa shape index (κ2) is 4.41. The maximum Gasteiger partial charge on any atom is 0.0536 e. The van der Waals surface area contributed by atoms with Crippen LogP contribution in [0.4, 0.5) is 0 Å². The van der Waals surface area contributed by atoms with Crippen molar-refractivity contribution in [2.24, 2.45) is 0 Å². The molecule has 21 heavy (non-hydrogen) atoms. The van der Waals surface area contributed by atoms with E-state index in [0.717, 1.165) is 0 Å². The van der Waals surface area contributed by atoms with Crippen LogP contribution in [0.3, 0.4) is 0 Å². The van der Waals surface area contributed by atoms with Gasteiger partial charge in [0.25, 0.3) is 0 Å². The molecule has 0 spiro atoms. The maximum atomic E-state index is 2.36. The summed E-state index contributed by atoms with van der Waals surface area (Å²) in [6, 6.07) is 22.0. The van der Waals surface area contributed by atoms with Crippen molar-refractivity contribution in [2.75, 3.05) is 0 Å². The average molecular weight is 322 g/mol. The number of benzene rings is 2. The molecule has 0 saturated carbocycles. The quantitative estimate of drug-likeness (QED) is 0.312. The van der Waals surface area contributed by atoms with Crippen LogP contribution in [-0.4, -0.2) is 0 Å². The standard InChI is InChI=1S/C18H10S3/c1-3-7-13-11(5-1)9-15(19-13)16-10-17-18(21-16)12-6-2-4-8-14(12)20-17/h1-10H. The summed E-state index contributed by atoms with van der Waals surface area (Å²) < 4.78 is 5.60. The lowest BCUT2D eigenvalue weighted by Crippen LogP contribution is -1.60.